The largest absolute Gasteiger partial charge is 0.324 e. The summed E-state index contributed by atoms with van der Waals surface area (Å²) >= 11 is 14.0. The van der Waals surface area contributed by atoms with Crippen LogP contribution in [0.1, 0.15) is 30.3 Å². The molecule has 0 aliphatic heterocycles. The van der Waals surface area contributed by atoms with E-state index in [1.807, 2.05) is 18.2 Å². The summed E-state index contributed by atoms with van der Waals surface area (Å²) in [5.41, 5.74) is 6.64. The van der Waals surface area contributed by atoms with Crippen LogP contribution in [0.4, 0.5) is 0 Å². The minimum atomic E-state index is 0.414. The summed E-state index contributed by atoms with van der Waals surface area (Å²) in [4.78, 5) is 0. The van der Waals surface area contributed by atoms with E-state index in [2.05, 4.69) is 14.8 Å². The van der Waals surface area contributed by atoms with Crippen LogP contribution in [0.2, 0.25) is 10.0 Å². The van der Waals surface area contributed by atoms with Crippen molar-refractivity contribution in [2.45, 2.75) is 36.3 Å². The van der Waals surface area contributed by atoms with Gasteiger partial charge in [-0.25, -0.2) is 0 Å². The summed E-state index contributed by atoms with van der Waals surface area (Å²) < 4.78 is 2.15. The minimum absolute atomic E-state index is 0.414. The zero-order chi connectivity index (χ0) is 14.1. The standard InChI is InChI=1S/C13H14Cl2N4S/c14-10-2-1-3-11(15)9(10)7-20-13-18-17-12(6-16)19(13)8-4-5-8/h1-3,8H,4-7,16H2. The summed E-state index contributed by atoms with van der Waals surface area (Å²) in [5, 5.41) is 10.6. The van der Waals surface area contributed by atoms with Gasteiger partial charge in [-0.15, -0.1) is 10.2 Å². The van der Waals surface area contributed by atoms with Gasteiger partial charge in [0.05, 0.1) is 6.54 Å². The SMILES string of the molecule is NCc1nnc(SCc2c(Cl)cccc2Cl)n1C1CC1. The normalized spacial score (nSPS) is 14.8. The van der Waals surface area contributed by atoms with E-state index in [0.717, 1.165) is 16.5 Å². The van der Waals surface area contributed by atoms with Crippen LogP contribution >= 0.6 is 35.0 Å². The highest BCUT2D eigenvalue weighted by molar-refractivity contribution is 7.98. The van der Waals surface area contributed by atoms with Gasteiger partial charge in [-0.1, -0.05) is 41.0 Å². The lowest BCUT2D eigenvalue weighted by Crippen LogP contribution is -2.08. The predicted molar refractivity (Wildman–Crippen MR) is 82.2 cm³/mol. The van der Waals surface area contributed by atoms with Crippen molar-refractivity contribution in [1.29, 1.82) is 0 Å². The van der Waals surface area contributed by atoms with E-state index in [0.29, 0.717) is 28.4 Å². The molecule has 1 fully saturated rings. The Morgan fingerprint density at radius 2 is 1.95 bits per heavy atom. The number of hydrogen-bond acceptors (Lipinski definition) is 4. The van der Waals surface area contributed by atoms with Crippen LogP contribution in [0.5, 0.6) is 0 Å². The van der Waals surface area contributed by atoms with Crippen LogP contribution < -0.4 is 5.73 Å². The van der Waals surface area contributed by atoms with Crippen LogP contribution in [-0.2, 0) is 12.3 Å². The summed E-state index contributed by atoms with van der Waals surface area (Å²) in [6.45, 7) is 0.414. The van der Waals surface area contributed by atoms with Crippen molar-refractivity contribution in [1.82, 2.24) is 14.8 Å². The molecule has 1 aliphatic carbocycles. The number of halogens is 2. The first-order valence-electron chi connectivity index (χ1n) is 6.40. The number of nitrogens with two attached hydrogens (primary N) is 1. The van der Waals surface area contributed by atoms with Crippen LogP contribution in [0.3, 0.4) is 0 Å². The molecule has 3 rings (SSSR count). The highest BCUT2D eigenvalue weighted by Crippen LogP contribution is 2.40. The number of hydrogen-bond donors (Lipinski definition) is 1. The molecule has 1 heterocycles. The minimum Gasteiger partial charge on any atom is -0.324 e. The Morgan fingerprint density at radius 1 is 1.25 bits per heavy atom. The van der Waals surface area contributed by atoms with E-state index < -0.39 is 0 Å². The number of nitrogens with zero attached hydrogens (tertiary/aromatic N) is 3. The second-order valence-electron chi connectivity index (χ2n) is 4.69. The third-order valence-electron chi connectivity index (χ3n) is 3.24. The number of thioether (sulfide) groups is 1. The van der Waals surface area contributed by atoms with Crippen LogP contribution in [0.15, 0.2) is 23.4 Å². The van der Waals surface area contributed by atoms with Gasteiger partial charge in [0, 0.05) is 21.8 Å². The molecular formula is C13H14Cl2N4S. The Kier molecular flexibility index (Phi) is 4.21. The molecule has 0 amide bonds. The first kappa shape index (κ1) is 14.2. The highest BCUT2D eigenvalue weighted by atomic mass is 35.5. The third-order valence-corrected chi connectivity index (χ3v) is 4.91. The number of benzene rings is 1. The molecule has 7 heteroatoms. The Labute approximate surface area is 131 Å². The van der Waals surface area contributed by atoms with Crippen molar-refractivity contribution < 1.29 is 0 Å². The molecule has 0 bridgehead atoms. The Hall–Kier alpha value is -0.750. The Balaban J connectivity index is 1.80. The van der Waals surface area contributed by atoms with Crippen LogP contribution in [-0.4, -0.2) is 14.8 Å². The van der Waals surface area contributed by atoms with Gasteiger partial charge in [0.25, 0.3) is 0 Å². The van der Waals surface area contributed by atoms with Crippen LogP contribution in [0.25, 0.3) is 0 Å². The molecule has 4 nitrogen and oxygen atoms in total. The van der Waals surface area contributed by atoms with E-state index in [9.17, 15) is 0 Å². The van der Waals surface area contributed by atoms with Gasteiger partial charge in [-0.3, -0.25) is 0 Å². The molecule has 2 aromatic rings. The zero-order valence-electron chi connectivity index (χ0n) is 10.7. The maximum atomic E-state index is 6.18. The quantitative estimate of drug-likeness (QED) is 0.851. The molecule has 0 radical (unpaired) electrons. The fraction of sp³-hybridized carbons (Fsp3) is 0.385. The van der Waals surface area contributed by atoms with E-state index in [1.165, 1.54) is 12.8 Å². The van der Waals surface area contributed by atoms with Crippen molar-refractivity contribution in [2.75, 3.05) is 0 Å². The van der Waals surface area contributed by atoms with Crippen molar-refractivity contribution in [3.05, 3.63) is 39.6 Å². The van der Waals surface area contributed by atoms with E-state index in [1.54, 1.807) is 11.8 Å². The maximum absolute atomic E-state index is 6.18. The Bertz CT molecular complexity index is 605. The zero-order valence-corrected chi connectivity index (χ0v) is 13.0. The summed E-state index contributed by atoms with van der Waals surface area (Å²) in [6, 6.07) is 6.05. The van der Waals surface area contributed by atoms with Gasteiger partial charge >= 0.3 is 0 Å². The van der Waals surface area contributed by atoms with E-state index >= 15 is 0 Å². The molecule has 0 unspecified atom stereocenters. The third kappa shape index (κ3) is 2.81. The average Bonchev–Trinajstić information content (AvgIpc) is 3.19. The molecule has 20 heavy (non-hydrogen) atoms. The van der Waals surface area contributed by atoms with Gasteiger partial charge in [0.1, 0.15) is 5.82 Å². The second kappa shape index (κ2) is 5.93. The first-order valence-corrected chi connectivity index (χ1v) is 8.14. The molecule has 1 aromatic heterocycles. The van der Waals surface area contributed by atoms with Gasteiger partial charge in [0.2, 0.25) is 0 Å². The fourth-order valence-electron chi connectivity index (χ4n) is 2.05. The van der Waals surface area contributed by atoms with Gasteiger partial charge in [0.15, 0.2) is 5.16 Å². The lowest BCUT2D eigenvalue weighted by molar-refractivity contribution is 0.626. The monoisotopic (exact) mass is 328 g/mol. The molecule has 1 aromatic carbocycles. The summed E-state index contributed by atoms with van der Waals surface area (Å²) in [6.07, 6.45) is 2.34. The molecule has 0 atom stereocenters. The molecule has 1 aliphatic rings. The molecule has 1 saturated carbocycles. The summed E-state index contributed by atoms with van der Waals surface area (Å²) in [7, 11) is 0. The molecule has 0 saturated heterocycles. The predicted octanol–water partition coefficient (Wildman–Crippen LogP) is 3.67. The Morgan fingerprint density at radius 3 is 2.55 bits per heavy atom. The smallest absolute Gasteiger partial charge is 0.191 e. The van der Waals surface area contributed by atoms with E-state index in [4.69, 9.17) is 28.9 Å². The number of aromatic nitrogens is 3. The van der Waals surface area contributed by atoms with Gasteiger partial charge in [-0.2, -0.15) is 0 Å². The lowest BCUT2D eigenvalue weighted by Gasteiger charge is -2.09. The van der Waals surface area contributed by atoms with Crippen LogP contribution in [0, 0.1) is 0 Å². The topological polar surface area (TPSA) is 56.7 Å². The van der Waals surface area contributed by atoms with Gasteiger partial charge < -0.3 is 10.3 Å². The first-order chi connectivity index (χ1) is 9.70. The highest BCUT2D eigenvalue weighted by Gasteiger charge is 2.29. The summed E-state index contributed by atoms with van der Waals surface area (Å²) in [5.74, 6) is 1.52. The molecule has 0 spiro atoms. The molecule has 2 N–H and O–H groups in total. The fourth-order valence-corrected chi connectivity index (χ4v) is 3.82. The van der Waals surface area contributed by atoms with E-state index in [-0.39, 0.29) is 0 Å². The number of rotatable bonds is 5. The average molecular weight is 329 g/mol. The van der Waals surface area contributed by atoms with Crippen molar-refractivity contribution in [3.8, 4) is 0 Å². The van der Waals surface area contributed by atoms with Gasteiger partial charge in [-0.05, 0) is 30.5 Å². The molecular weight excluding hydrogens is 315 g/mol. The second-order valence-corrected chi connectivity index (χ2v) is 6.45. The van der Waals surface area contributed by atoms with Crippen molar-refractivity contribution >= 4 is 35.0 Å². The maximum Gasteiger partial charge on any atom is 0.191 e. The van der Waals surface area contributed by atoms with Crippen molar-refractivity contribution in [3.63, 3.8) is 0 Å². The molecule has 106 valence electrons. The lowest BCUT2D eigenvalue weighted by atomic mass is 10.2. The van der Waals surface area contributed by atoms with Crippen molar-refractivity contribution in [2.24, 2.45) is 5.73 Å².